The van der Waals surface area contributed by atoms with E-state index in [1.165, 1.54) is 6.07 Å². The smallest absolute Gasteiger partial charge is 0.263 e. The second kappa shape index (κ2) is 9.09. The van der Waals surface area contributed by atoms with Crippen LogP contribution in [-0.4, -0.2) is 29.9 Å². The summed E-state index contributed by atoms with van der Waals surface area (Å²) in [5.41, 5.74) is 2.22. The van der Waals surface area contributed by atoms with Gasteiger partial charge in [0, 0.05) is 35.5 Å². The summed E-state index contributed by atoms with van der Waals surface area (Å²) in [6, 6.07) is 18.4. The molecule has 4 rings (SSSR count). The van der Waals surface area contributed by atoms with Gasteiger partial charge < -0.3 is 19.7 Å². The Hall–Kier alpha value is -3.87. The van der Waals surface area contributed by atoms with Crippen LogP contribution in [0.4, 0.5) is 10.1 Å². The number of carbonyl (C=O) groups is 2. The van der Waals surface area contributed by atoms with Crippen LogP contribution in [0.2, 0.25) is 0 Å². The summed E-state index contributed by atoms with van der Waals surface area (Å²) in [6.45, 7) is 2.03. The van der Waals surface area contributed by atoms with Gasteiger partial charge in [-0.1, -0.05) is 18.2 Å². The molecule has 2 amide bonds. The van der Waals surface area contributed by atoms with Gasteiger partial charge in [-0.2, -0.15) is 0 Å². The number of hydrogen-bond acceptors (Lipinski definition) is 4. The highest BCUT2D eigenvalue weighted by molar-refractivity contribution is 6.04. The van der Waals surface area contributed by atoms with Crippen LogP contribution in [-0.2, 0) is 17.9 Å². The third-order valence-corrected chi connectivity index (χ3v) is 5.31. The minimum atomic E-state index is -0.706. The van der Waals surface area contributed by atoms with Crippen LogP contribution in [0.1, 0.15) is 28.4 Å². The number of hydrogen-bond donors (Lipinski definition) is 1. The van der Waals surface area contributed by atoms with Crippen LogP contribution in [0.3, 0.4) is 0 Å². The van der Waals surface area contributed by atoms with Gasteiger partial charge in [-0.3, -0.25) is 9.59 Å². The summed E-state index contributed by atoms with van der Waals surface area (Å²) >= 11 is 0. The van der Waals surface area contributed by atoms with Crippen molar-refractivity contribution >= 4 is 17.5 Å². The van der Waals surface area contributed by atoms with Gasteiger partial charge in [0.2, 0.25) is 0 Å². The van der Waals surface area contributed by atoms with Crippen LogP contribution in [0.25, 0.3) is 0 Å². The van der Waals surface area contributed by atoms with Gasteiger partial charge >= 0.3 is 0 Å². The molecule has 1 atom stereocenters. The van der Waals surface area contributed by atoms with Gasteiger partial charge in [0.1, 0.15) is 17.3 Å². The normalized spacial score (nSPS) is 15.4. The number of fused-ring (bicyclic) bond motifs is 1. The Bertz CT molecular complexity index is 1150. The zero-order chi connectivity index (χ0) is 22.7. The van der Waals surface area contributed by atoms with Gasteiger partial charge in [0.15, 0.2) is 6.10 Å². The molecule has 6 nitrogen and oxygen atoms in total. The molecule has 1 N–H and O–H groups in total. The van der Waals surface area contributed by atoms with Crippen molar-refractivity contribution in [3.63, 3.8) is 0 Å². The van der Waals surface area contributed by atoms with Crippen LogP contribution in [0.5, 0.6) is 11.5 Å². The van der Waals surface area contributed by atoms with Crippen LogP contribution >= 0.6 is 0 Å². The number of nitrogens with one attached hydrogen (secondary N) is 1. The van der Waals surface area contributed by atoms with E-state index in [0.717, 1.165) is 5.56 Å². The molecule has 0 spiro atoms. The van der Waals surface area contributed by atoms with Gasteiger partial charge in [-0.25, -0.2) is 4.39 Å². The number of ether oxygens (including phenoxy) is 2. The lowest BCUT2D eigenvalue weighted by atomic mass is 10.1. The van der Waals surface area contributed by atoms with E-state index in [9.17, 15) is 14.0 Å². The number of methoxy groups -OCH3 is 1. The summed E-state index contributed by atoms with van der Waals surface area (Å²) in [5.74, 6) is 0.365. The largest absolute Gasteiger partial charge is 0.497 e. The number of halogens is 1. The van der Waals surface area contributed by atoms with E-state index in [2.05, 4.69) is 5.32 Å². The zero-order valence-corrected chi connectivity index (χ0v) is 17.8. The van der Waals surface area contributed by atoms with Crippen molar-refractivity contribution in [1.29, 1.82) is 0 Å². The summed E-state index contributed by atoms with van der Waals surface area (Å²) in [4.78, 5) is 27.0. The Labute approximate surface area is 185 Å². The average Bonchev–Trinajstić information content (AvgIpc) is 2.91. The first-order valence-corrected chi connectivity index (χ1v) is 10.2. The predicted molar refractivity (Wildman–Crippen MR) is 118 cm³/mol. The summed E-state index contributed by atoms with van der Waals surface area (Å²) < 4.78 is 25.1. The first-order valence-electron chi connectivity index (χ1n) is 10.2. The van der Waals surface area contributed by atoms with Crippen LogP contribution in [0, 0.1) is 5.82 Å². The summed E-state index contributed by atoms with van der Waals surface area (Å²) in [7, 11) is 1.56. The maximum Gasteiger partial charge on any atom is 0.263 e. The fourth-order valence-corrected chi connectivity index (χ4v) is 3.59. The summed E-state index contributed by atoms with van der Waals surface area (Å²) in [5, 5.41) is 2.86. The van der Waals surface area contributed by atoms with Crippen molar-refractivity contribution < 1.29 is 23.5 Å². The molecular formula is C25H23FN2O4. The number of anilines is 1. The number of nitrogens with zero attached hydrogens (tertiary/aromatic N) is 1. The van der Waals surface area contributed by atoms with E-state index in [0.29, 0.717) is 28.3 Å². The van der Waals surface area contributed by atoms with E-state index < -0.39 is 6.10 Å². The molecule has 0 aliphatic carbocycles. The monoisotopic (exact) mass is 434 g/mol. The van der Waals surface area contributed by atoms with Crippen LogP contribution in [0.15, 0.2) is 66.7 Å². The molecule has 7 heteroatoms. The Balaban J connectivity index is 1.55. The van der Waals surface area contributed by atoms with Crippen molar-refractivity contribution in [2.45, 2.75) is 26.1 Å². The van der Waals surface area contributed by atoms with Crippen molar-refractivity contribution in [3.8, 4) is 11.5 Å². The number of benzene rings is 3. The molecule has 32 heavy (non-hydrogen) atoms. The Morgan fingerprint density at radius 2 is 1.91 bits per heavy atom. The Morgan fingerprint density at radius 3 is 2.62 bits per heavy atom. The molecule has 1 aliphatic rings. The lowest BCUT2D eigenvalue weighted by Crippen LogP contribution is -2.37. The second-order valence-electron chi connectivity index (χ2n) is 7.55. The maximum absolute atomic E-state index is 14.2. The number of carbonyl (C=O) groups excluding carboxylic acids is 2. The molecule has 0 radical (unpaired) electrons. The van der Waals surface area contributed by atoms with Gasteiger partial charge in [-0.05, 0) is 55.5 Å². The van der Waals surface area contributed by atoms with E-state index in [4.69, 9.17) is 9.47 Å². The first kappa shape index (κ1) is 21.4. The van der Waals surface area contributed by atoms with E-state index >= 15 is 0 Å². The molecule has 3 aromatic carbocycles. The SMILES string of the molecule is COc1ccc(C(=O)Nc2ccc3c(c2)CN(Cc2ccccc2F)C(=O)[C@@H](C)O3)cc1. The quantitative estimate of drug-likeness (QED) is 0.647. The fraction of sp³-hybridized carbons (Fsp3) is 0.200. The highest BCUT2D eigenvalue weighted by Gasteiger charge is 2.28. The molecule has 164 valence electrons. The molecule has 0 unspecified atom stereocenters. The zero-order valence-electron chi connectivity index (χ0n) is 17.8. The van der Waals surface area contributed by atoms with Crippen LogP contribution < -0.4 is 14.8 Å². The topological polar surface area (TPSA) is 67.9 Å². The predicted octanol–water partition coefficient (Wildman–Crippen LogP) is 4.40. The standard InChI is InChI=1S/C25H23FN2O4/c1-16-25(30)28(14-18-5-3-4-6-22(18)26)15-19-13-20(9-12-23(19)32-16)27-24(29)17-7-10-21(31-2)11-8-17/h3-13,16H,14-15H2,1-2H3,(H,27,29)/t16-/m1/s1. The second-order valence-corrected chi connectivity index (χ2v) is 7.55. The highest BCUT2D eigenvalue weighted by atomic mass is 19.1. The minimum Gasteiger partial charge on any atom is -0.497 e. The molecule has 1 heterocycles. The maximum atomic E-state index is 14.2. The lowest BCUT2D eigenvalue weighted by Gasteiger charge is -2.22. The molecule has 0 bridgehead atoms. The minimum absolute atomic E-state index is 0.126. The van der Waals surface area contributed by atoms with Crippen molar-refractivity contribution in [2.24, 2.45) is 0 Å². The Morgan fingerprint density at radius 1 is 1.16 bits per heavy atom. The summed E-state index contributed by atoms with van der Waals surface area (Å²) in [6.07, 6.45) is -0.706. The molecule has 3 aromatic rings. The lowest BCUT2D eigenvalue weighted by molar-refractivity contribution is -0.138. The van der Waals surface area contributed by atoms with E-state index in [-0.39, 0.29) is 30.7 Å². The van der Waals surface area contributed by atoms with E-state index in [1.54, 1.807) is 79.6 Å². The molecular weight excluding hydrogens is 411 g/mol. The van der Waals surface area contributed by atoms with E-state index in [1.807, 2.05) is 0 Å². The highest BCUT2D eigenvalue weighted by Crippen LogP contribution is 2.30. The first-order chi connectivity index (χ1) is 15.4. The van der Waals surface area contributed by atoms with Crippen molar-refractivity contribution in [2.75, 3.05) is 12.4 Å². The number of rotatable bonds is 5. The van der Waals surface area contributed by atoms with Gasteiger partial charge in [-0.15, -0.1) is 0 Å². The third kappa shape index (κ3) is 4.56. The van der Waals surface area contributed by atoms with Gasteiger partial charge in [0.25, 0.3) is 11.8 Å². The van der Waals surface area contributed by atoms with Gasteiger partial charge in [0.05, 0.1) is 7.11 Å². The molecule has 0 saturated heterocycles. The molecule has 1 aliphatic heterocycles. The third-order valence-electron chi connectivity index (χ3n) is 5.31. The van der Waals surface area contributed by atoms with Crippen molar-refractivity contribution in [1.82, 2.24) is 4.90 Å². The average molecular weight is 434 g/mol. The Kier molecular flexibility index (Phi) is 6.07. The molecule has 0 fully saturated rings. The molecule has 0 saturated carbocycles. The van der Waals surface area contributed by atoms with Crippen molar-refractivity contribution in [3.05, 3.63) is 89.2 Å². The number of amides is 2. The fourth-order valence-electron chi connectivity index (χ4n) is 3.59. The molecule has 0 aromatic heterocycles.